The van der Waals surface area contributed by atoms with Gasteiger partial charge in [-0.15, -0.1) is 0 Å². The summed E-state index contributed by atoms with van der Waals surface area (Å²) in [4.78, 5) is 10.4. The monoisotopic (exact) mass is 248 g/mol. The third kappa shape index (κ3) is 2.29. The maximum Gasteiger partial charge on any atom is 0.343 e. The number of carbonyl (C=O) groups excluding carboxylic acids is 1. The predicted molar refractivity (Wildman–Crippen MR) is 44.8 cm³/mol. The number of hydrogen-bond acceptors (Lipinski definition) is 2. The second-order valence-electron chi connectivity index (χ2n) is 1.73. The van der Waals surface area contributed by atoms with Crippen molar-refractivity contribution in [1.29, 1.82) is 0 Å². The first-order valence-corrected chi connectivity index (χ1v) is 4.20. The molecule has 0 aliphatic carbocycles. The van der Waals surface area contributed by atoms with E-state index in [9.17, 15) is 4.79 Å². The molecule has 1 atom stereocenters. The van der Waals surface area contributed by atoms with Gasteiger partial charge in [0.05, 0.1) is 11.9 Å². The molecule has 2 nitrogen and oxygen atoms in total. The standard InChI is InChI=1S/C5H7BrCl2O2/c1-3(6)5(7,8)4(9)10-2/h3H,1-2H3. The minimum atomic E-state index is -1.49. The number of carbonyl (C=O) groups is 1. The summed E-state index contributed by atoms with van der Waals surface area (Å²) in [7, 11) is 1.23. The SMILES string of the molecule is COC(=O)C(Cl)(Cl)C(C)Br. The molecule has 0 saturated carbocycles. The Hall–Kier alpha value is 0.530. The van der Waals surface area contributed by atoms with Gasteiger partial charge >= 0.3 is 5.97 Å². The van der Waals surface area contributed by atoms with Crippen molar-refractivity contribution in [3.63, 3.8) is 0 Å². The zero-order valence-corrected chi connectivity index (χ0v) is 8.63. The van der Waals surface area contributed by atoms with Gasteiger partial charge in [0.1, 0.15) is 0 Å². The zero-order valence-electron chi connectivity index (χ0n) is 5.53. The normalized spacial score (nSPS) is 14.5. The van der Waals surface area contributed by atoms with Crippen LogP contribution in [0.15, 0.2) is 0 Å². The van der Waals surface area contributed by atoms with E-state index in [2.05, 4.69) is 20.7 Å². The molecule has 0 aliphatic heterocycles. The van der Waals surface area contributed by atoms with Crippen LogP contribution in [0, 0.1) is 0 Å². The number of hydrogen-bond donors (Lipinski definition) is 0. The Bertz CT molecular complexity index is 136. The van der Waals surface area contributed by atoms with E-state index in [1.807, 2.05) is 0 Å². The summed E-state index contributed by atoms with van der Waals surface area (Å²) in [5.41, 5.74) is 0. The molecule has 10 heavy (non-hydrogen) atoms. The van der Waals surface area contributed by atoms with E-state index in [1.165, 1.54) is 7.11 Å². The van der Waals surface area contributed by atoms with E-state index < -0.39 is 10.3 Å². The molecule has 0 bridgehead atoms. The molecule has 0 aromatic heterocycles. The van der Waals surface area contributed by atoms with Gasteiger partial charge in [0.2, 0.25) is 4.33 Å². The summed E-state index contributed by atoms with van der Waals surface area (Å²) in [5, 5.41) is 0. The van der Waals surface area contributed by atoms with Gasteiger partial charge < -0.3 is 4.74 Å². The van der Waals surface area contributed by atoms with Gasteiger partial charge in [-0.3, -0.25) is 0 Å². The quantitative estimate of drug-likeness (QED) is 0.554. The molecule has 0 aromatic rings. The molecule has 60 valence electrons. The van der Waals surface area contributed by atoms with Crippen molar-refractivity contribution in [3.8, 4) is 0 Å². The number of alkyl halides is 3. The summed E-state index contributed by atoms with van der Waals surface area (Å²) >= 11 is 14.2. The van der Waals surface area contributed by atoms with Gasteiger partial charge in [0.25, 0.3) is 0 Å². The summed E-state index contributed by atoms with van der Waals surface area (Å²) < 4.78 is 2.85. The summed E-state index contributed by atoms with van der Waals surface area (Å²) in [6.45, 7) is 1.66. The van der Waals surface area contributed by atoms with Crippen LogP contribution in [0.25, 0.3) is 0 Å². The van der Waals surface area contributed by atoms with Crippen molar-refractivity contribution in [2.75, 3.05) is 7.11 Å². The van der Waals surface area contributed by atoms with Crippen LogP contribution in [-0.4, -0.2) is 22.2 Å². The molecule has 0 fully saturated rings. The highest BCUT2D eigenvalue weighted by atomic mass is 79.9. The Morgan fingerprint density at radius 3 is 2.20 bits per heavy atom. The van der Waals surface area contributed by atoms with Crippen molar-refractivity contribution in [3.05, 3.63) is 0 Å². The number of methoxy groups -OCH3 is 1. The average molecular weight is 250 g/mol. The third-order valence-electron chi connectivity index (χ3n) is 0.957. The lowest BCUT2D eigenvalue weighted by atomic mass is 10.3. The zero-order chi connectivity index (χ0) is 8.36. The molecule has 0 radical (unpaired) electrons. The fourth-order valence-corrected chi connectivity index (χ4v) is 0.640. The van der Waals surface area contributed by atoms with Gasteiger partial charge in [-0.05, 0) is 6.92 Å². The molecule has 0 aromatic carbocycles. The molecule has 0 aliphatic rings. The lowest BCUT2D eigenvalue weighted by Crippen LogP contribution is -2.34. The van der Waals surface area contributed by atoms with Gasteiger partial charge in [-0.1, -0.05) is 39.1 Å². The Morgan fingerprint density at radius 1 is 1.70 bits per heavy atom. The lowest BCUT2D eigenvalue weighted by Gasteiger charge is -2.18. The highest BCUT2D eigenvalue weighted by Crippen LogP contribution is 2.31. The van der Waals surface area contributed by atoms with Crippen LogP contribution in [0.1, 0.15) is 6.92 Å². The predicted octanol–water partition coefficient (Wildman–Crippen LogP) is 2.12. The van der Waals surface area contributed by atoms with Gasteiger partial charge in [0.15, 0.2) is 0 Å². The van der Waals surface area contributed by atoms with Crippen molar-refractivity contribution < 1.29 is 9.53 Å². The fourth-order valence-electron chi connectivity index (χ4n) is 0.298. The molecular weight excluding hydrogens is 243 g/mol. The van der Waals surface area contributed by atoms with Gasteiger partial charge in [-0.2, -0.15) is 0 Å². The van der Waals surface area contributed by atoms with Crippen molar-refractivity contribution in [2.24, 2.45) is 0 Å². The fraction of sp³-hybridized carbons (Fsp3) is 0.800. The number of halogens is 3. The van der Waals surface area contributed by atoms with Crippen LogP contribution in [0.4, 0.5) is 0 Å². The third-order valence-corrected chi connectivity index (χ3v) is 3.13. The highest BCUT2D eigenvalue weighted by Gasteiger charge is 2.39. The van der Waals surface area contributed by atoms with Crippen LogP contribution in [0.2, 0.25) is 0 Å². The van der Waals surface area contributed by atoms with E-state index >= 15 is 0 Å². The molecule has 0 rings (SSSR count). The van der Waals surface area contributed by atoms with E-state index in [0.717, 1.165) is 0 Å². The first kappa shape index (κ1) is 10.5. The summed E-state index contributed by atoms with van der Waals surface area (Å²) in [6.07, 6.45) is 0. The van der Waals surface area contributed by atoms with Gasteiger partial charge in [0, 0.05) is 0 Å². The molecule has 0 heterocycles. The van der Waals surface area contributed by atoms with Crippen molar-refractivity contribution in [1.82, 2.24) is 0 Å². The van der Waals surface area contributed by atoms with Gasteiger partial charge in [-0.25, -0.2) is 4.79 Å². The van der Waals surface area contributed by atoms with Crippen molar-refractivity contribution in [2.45, 2.75) is 16.1 Å². The molecule has 0 spiro atoms. The van der Waals surface area contributed by atoms with E-state index in [4.69, 9.17) is 23.2 Å². The Morgan fingerprint density at radius 2 is 2.10 bits per heavy atom. The van der Waals surface area contributed by atoms with E-state index in [1.54, 1.807) is 6.92 Å². The lowest BCUT2D eigenvalue weighted by molar-refractivity contribution is -0.141. The van der Waals surface area contributed by atoms with E-state index in [0.29, 0.717) is 0 Å². The molecular formula is C5H7BrCl2O2. The highest BCUT2D eigenvalue weighted by molar-refractivity contribution is 9.09. The van der Waals surface area contributed by atoms with Crippen LogP contribution in [0.3, 0.4) is 0 Å². The first-order valence-electron chi connectivity index (χ1n) is 2.53. The number of ether oxygens (including phenoxy) is 1. The largest absolute Gasteiger partial charge is 0.467 e. The molecule has 0 saturated heterocycles. The summed E-state index contributed by atoms with van der Waals surface area (Å²) in [5.74, 6) is -0.653. The second-order valence-corrected chi connectivity index (χ2v) is 4.49. The maximum atomic E-state index is 10.8. The Kier molecular flexibility index (Phi) is 3.99. The van der Waals surface area contributed by atoms with Crippen LogP contribution >= 0.6 is 39.1 Å². The minimum Gasteiger partial charge on any atom is -0.467 e. The van der Waals surface area contributed by atoms with Crippen LogP contribution in [0.5, 0.6) is 0 Å². The van der Waals surface area contributed by atoms with E-state index in [-0.39, 0.29) is 4.83 Å². The second kappa shape index (κ2) is 3.79. The van der Waals surface area contributed by atoms with Crippen molar-refractivity contribution >= 4 is 45.1 Å². The van der Waals surface area contributed by atoms with Crippen LogP contribution in [-0.2, 0) is 9.53 Å². The first-order chi connectivity index (χ1) is 4.42. The minimum absolute atomic E-state index is 0.337. The molecule has 1 unspecified atom stereocenters. The molecule has 0 amide bonds. The number of rotatable bonds is 2. The number of esters is 1. The summed E-state index contributed by atoms with van der Waals surface area (Å²) in [6, 6.07) is 0. The molecule has 0 N–H and O–H groups in total. The Labute approximate surface area is 77.9 Å². The Balaban J connectivity index is 4.24. The average Bonchev–Trinajstić information content (AvgIpc) is 1.86. The van der Waals surface area contributed by atoms with Crippen LogP contribution < -0.4 is 0 Å². The molecule has 5 heteroatoms. The smallest absolute Gasteiger partial charge is 0.343 e. The maximum absolute atomic E-state index is 10.8. The topological polar surface area (TPSA) is 26.3 Å².